The summed E-state index contributed by atoms with van der Waals surface area (Å²) in [5.41, 5.74) is 5.02. The second-order valence-corrected chi connectivity index (χ2v) is 13.1. The first-order chi connectivity index (χ1) is 21.6. The van der Waals surface area contributed by atoms with E-state index in [1.165, 1.54) is 24.1 Å². The SMILES string of the molecule is C#Cc1cccc2cc(O)cc(N3CCc4c(nc(OCC56CCCN5c5nc[nH]c5C6)nc4N4CC5CCC(C4)N5)C3)c12. The third-order valence-electron chi connectivity index (χ3n) is 10.5. The van der Waals surface area contributed by atoms with Crippen molar-refractivity contribution in [3.05, 3.63) is 59.2 Å². The molecule has 5 aliphatic heterocycles. The van der Waals surface area contributed by atoms with Gasteiger partial charge in [0, 0.05) is 73.0 Å². The van der Waals surface area contributed by atoms with Crippen LogP contribution in [0.2, 0.25) is 0 Å². The van der Waals surface area contributed by atoms with Crippen LogP contribution in [0.1, 0.15) is 48.2 Å². The molecule has 4 aromatic rings. The van der Waals surface area contributed by atoms with Crippen molar-refractivity contribution in [3.8, 4) is 24.1 Å². The van der Waals surface area contributed by atoms with Gasteiger partial charge in [-0.1, -0.05) is 18.1 Å². The van der Waals surface area contributed by atoms with Gasteiger partial charge in [0.1, 0.15) is 18.2 Å². The molecule has 10 nitrogen and oxygen atoms in total. The molecule has 0 spiro atoms. The highest BCUT2D eigenvalue weighted by Gasteiger charge is 2.49. The van der Waals surface area contributed by atoms with Crippen molar-refractivity contribution in [1.82, 2.24) is 25.3 Å². The number of piperazine rings is 1. The minimum atomic E-state index is -0.110. The van der Waals surface area contributed by atoms with Crippen molar-refractivity contribution >= 4 is 28.1 Å². The van der Waals surface area contributed by atoms with Gasteiger partial charge >= 0.3 is 6.01 Å². The van der Waals surface area contributed by atoms with E-state index in [0.717, 1.165) is 91.2 Å². The van der Waals surface area contributed by atoms with Crippen molar-refractivity contribution in [2.24, 2.45) is 0 Å². The Morgan fingerprint density at radius 3 is 2.84 bits per heavy atom. The number of hydrogen-bond donors (Lipinski definition) is 3. The van der Waals surface area contributed by atoms with Crippen LogP contribution in [0.25, 0.3) is 10.8 Å². The van der Waals surface area contributed by atoms with Crippen LogP contribution in [0.5, 0.6) is 11.8 Å². The van der Waals surface area contributed by atoms with E-state index in [9.17, 15) is 5.11 Å². The van der Waals surface area contributed by atoms with Crippen molar-refractivity contribution in [2.45, 2.75) is 62.7 Å². The summed E-state index contributed by atoms with van der Waals surface area (Å²) in [4.78, 5) is 25.3. The number of aromatic nitrogens is 4. The third-order valence-corrected chi connectivity index (χ3v) is 10.5. The van der Waals surface area contributed by atoms with E-state index >= 15 is 0 Å². The second kappa shape index (κ2) is 9.76. The Kier molecular flexibility index (Phi) is 5.76. The fraction of sp³-hybridized carbons (Fsp3) is 0.441. The number of benzene rings is 2. The topological polar surface area (TPSA) is 106 Å². The van der Waals surface area contributed by atoms with Gasteiger partial charge in [0.15, 0.2) is 5.82 Å². The standard InChI is InChI=1S/C34H36N8O2/c1-2-21-5-3-6-22-13-25(43)14-29(30(21)22)40-12-9-26-28(18-40)38-33(39-31(26)41-16-23-7-8-24(17-41)37-23)44-19-34-10-4-11-42(34)32-27(15-34)35-20-36-32/h1,3,5-6,13-14,20,23-24,37,43H,4,7-12,15-19H2,(H,35,36). The lowest BCUT2D eigenvalue weighted by Gasteiger charge is -2.38. The molecule has 3 fully saturated rings. The normalized spacial score (nSPS) is 25.2. The molecule has 2 aromatic heterocycles. The summed E-state index contributed by atoms with van der Waals surface area (Å²) in [6.07, 6.45) is 14.0. The van der Waals surface area contributed by atoms with Crippen LogP contribution >= 0.6 is 0 Å². The number of hydrogen-bond acceptors (Lipinski definition) is 9. The summed E-state index contributed by atoms with van der Waals surface area (Å²) >= 11 is 0. The fourth-order valence-electron chi connectivity index (χ4n) is 8.51. The number of fused-ring (bicyclic) bond motifs is 7. The number of anilines is 3. The van der Waals surface area contributed by atoms with Gasteiger partial charge in [-0.25, -0.2) is 4.98 Å². The van der Waals surface area contributed by atoms with Gasteiger partial charge in [-0.2, -0.15) is 9.97 Å². The second-order valence-electron chi connectivity index (χ2n) is 13.1. The molecule has 2 bridgehead atoms. The monoisotopic (exact) mass is 588 g/mol. The zero-order valence-corrected chi connectivity index (χ0v) is 24.7. The molecule has 224 valence electrons. The molecule has 7 heterocycles. The summed E-state index contributed by atoms with van der Waals surface area (Å²) < 4.78 is 6.60. The van der Waals surface area contributed by atoms with Gasteiger partial charge < -0.3 is 34.8 Å². The molecule has 0 radical (unpaired) electrons. The molecule has 9 rings (SSSR count). The van der Waals surface area contributed by atoms with E-state index in [0.29, 0.717) is 31.2 Å². The van der Waals surface area contributed by atoms with Crippen molar-refractivity contribution in [1.29, 1.82) is 0 Å². The Labute approximate surface area is 256 Å². The first kappa shape index (κ1) is 26.0. The molecule has 0 saturated carbocycles. The van der Waals surface area contributed by atoms with Gasteiger partial charge in [0.25, 0.3) is 0 Å². The fourth-order valence-corrected chi connectivity index (χ4v) is 8.51. The highest BCUT2D eigenvalue weighted by Crippen LogP contribution is 2.44. The molecule has 44 heavy (non-hydrogen) atoms. The Balaban J connectivity index is 1.08. The molecule has 3 unspecified atom stereocenters. The first-order valence-corrected chi connectivity index (χ1v) is 15.9. The lowest BCUT2D eigenvalue weighted by Crippen LogP contribution is -2.52. The molecule has 3 N–H and O–H groups in total. The summed E-state index contributed by atoms with van der Waals surface area (Å²) in [5.74, 6) is 5.17. The van der Waals surface area contributed by atoms with Gasteiger partial charge in [0.2, 0.25) is 0 Å². The molecule has 5 aliphatic rings. The average molecular weight is 589 g/mol. The molecule has 0 amide bonds. The molecule has 3 saturated heterocycles. The average Bonchev–Trinajstić information content (AvgIpc) is 3.80. The number of aromatic amines is 1. The number of rotatable bonds is 5. The quantitative estimate of drug-likeness (QED) is 0.302. The van der Waals surface area contributed by atoms with E-state index in [2.05, 4.69) is 35.9 Å². The van der Waals surface area contributed by atoms with Crippen LogP contribution in [0.15, 0.2) is 36.7 Å². The van der Waals surface area contributed by atoms with Crippen molar-refractivity contribution in [2.75, 3.05) is 47.5 Å². The smallest absolute Gasteiger partial charge is 0.318 e. The molecular formula is C34H36N8O2. The zero-order valence-electron chi connectivity index (χ0n) is 24.7. The largest absolute Gasteiger partial charge is 0.508 e. The van der Waals surface area contributed by atoms with Crippen LogP contribution in [-0.4, -0.2) is 75.5 Å². The molecule has 0 aliphatic carbocycles. The summed E-state index contributed by atoms with van der Waals surface area (Å²) in [6, 6.07) is 11.0. The van der Waals surface area contributed by atoms with Gasteiger partial charge in [-0.05, 0) is 49.6 Å². The van der Waals surface area contributed by atoms with E-state index in [4.69, 9.17) is 21.1 Å². The van der Waals surface area contributed by atoms with Crippen molar-refractivity contribution in [3.63, 3.8) is 0 Å². The Morgan fingerprint density at radius 1 is 1.09 bits per heavy atom. The van der Waals surface area contributed by atoms with E-state index in [-0.39, 0.29) is 11.3 Å². The van der Waals surface area contributed by atoms with Crippen molar-refractivity contribution < 1.29 is 9.84 Å². The Morgan fingerprint density at radius 2 is 1.98 bits per heavy atom. The molecule has 2 aromatic carbocycles. The summed E-state index contributed by atoms with van der Waals surface area (Å²) in [5, 5.41) is 16.3. The number of imidazole rings is 1. The minimum Gasteiger partial charge on any atom is -0.508 e. The maximum atomic E-state index is 10.7. The van der Waals surface area contributed by atoms with Crippen LogP contribution in [0.4, 0.5) is 17.3 Å². The van der Waals surface area contributed by atoms with Crippen LogP contribution in [0.3, 0.4) is 0 Å². The lowest BCUT2D eigenvalue weighted by molar-refractivity contribution is 0.207. The number of nitrogens with one attached hydrogen (secondary N) is 2. The highest BCUT2D eigenvalue weighted by molar-refractivity contribution is 6.00. The van der Waals surface area contributed by atoms with Gasteiger partial charge in [-0.15, -0.1) is 6.42 Å². The number of terminal acetylenes is 1. The summed E-state index contributed by atoms with van der Waals surface area (Å²) in [7, 11) is 0. The molecule has 3 atom stereocenters. The molecule has 10 heteroatoms. The number of H-pyrrole nitrogens is 1. The highest BCUT2D eigenvalue weighted by atomic mass is 16.5. The number of ether oxygens (including phenoxy) is 1. The number of aromatic hydroxyl groups is 1. The third kappa shape index (κ3) is 4.02. The van der Waals surface area contributed by atoms with Crippen LogP contribution < -0.4 is 24.8 Å². The van der Waals surface area contributed by atoms with Crippen LogP contribution in [0, 0.1) is 12.3 Å². The lowest BCUT2D eigenvalue weighted by atomic mass is 9.95. The number of phenolic OH excluding ortho intramolecular Hbond substituents is 1. The summed E-state index contributed by atoms with van der Waals surface area (Å²) in [6.45, 7) is 4.78. The number of phenols is 1. The van der Waals surface area contributed by atoms with E-state index in [1.54, 1.807) is 12.4 Å². The first-order valence-electron chi connectivity index (χ1n) is 15.9. The Hall–Kier alpha value is -4.49. The minimum absolute atomic E-state index is 0.110. The molecular weight excluding hydrogens is 552 g/mol. The maximum absolute atomic E-state index is 10.7. The zero-order chi connectivity index (χ0) is 29.4. The predicted molar refractivity (Wildman–Crippen MR) is 170 cm³/mol. The number of nitrogens with zero attached hydrogens (tertiary/aromatic N) is 6. The van der Waals surface area contributed by atoms with Gasteiger partial charge in [0.05, 0.1) is 29.8 Å². The van der Waals surface area contributed by atoms with E-state index < -0.39 is 0 Å². The van der Waals surface area contributed by atoms with Gasteiger partial charge in [-0.3, -0.25) is 0 Å². The van der Waals surface area contributed by atoms with Crippen LogP contribution in [-0.2, 0) is 19.4 Å². The maximum Gasteiger partial charge on any atom is 0.318 e. The Bertz CT molecular complexity index is 1820. The van der Waals surface area contributed by atoms with E-state index in [1.807, 2.05) is 24.3 Å². The predicted octanol–water partition coefficient (Wildman–Crippen LogP) is 3.52.